The van der Waals surface area contributed by atoms with Crippen LogP contribution in [0.5, 0.6) is 11.5 Å². The molecule has 2 aromatic rings. The van der Waals surface area contributed by atoms with Gasteiger partial charge in [-0.25, -0.2) is 0 Å². The molecule has 3 rings (SSSR count). The molecule has 1 N–H and O–H groups in total. The van der Waals surface area contributed by atoms with E-state index >= 15 is 0 Å². The number of nitrogens with zero attached hydrogens (tertiary/aromatic N) is 1. The highest BCUT2D eigenvalue weighted by Gasteiger charge is 2.44. The lowest BCUT2D eigenvalue weighted by Crippen LogP contribution is -2.31. The summed E-state index contributed by atoms with van der Waals surface area (Å²) in [6.07, 6.45) is 0.246. The second-order valence-corrected chi connectivity index (χ2v) is 8.27. The minimum Gasteiger partial charge on any atom is -0.503 e. The van der Waals surface area contributed by atoms with Gasteiger partial charge in [-0.3, -0.25) is 14.5 Å². The first kappa shape index (κ1) is 23.4. The molecule has 1 atom stereocenters. The molecule has 0 saturated heterocycles. The molecule has 0 bridgehead atoms. The first-order valence-electron chi connectivity index (χ1n) is 11.0. The zero-order chi connectivity index (χ0) is 23.4. The van der Waals surface area contributed by atoms with Crippen LogP contribution in [-0.4, -0.2) is 30.0 Å². The summed E-state index contributed by atoms with van der Waals surface area (Å²) in [6, 6.07) is 12.1. The molecule has 1 amide bonds. The number of aryl methyl sites for hydroxylation is 1. The molecule has 1 heterocycles. The van der Waals surface area contributed by atoms with Crippen molar-refractivity contribution >= 4 is 17.4 Å². The molecule has 2 aromatic carbocycles. The van der Waals surface area contributed by atoms with E-state index in [1.165, 1.54) is 4.90 Å². The van der Waals surface area contributed by atoms with Gasteiger partial charge in [0, 0.05) is 18.2 Å². The number of carbonyl (C=O) groups is 2. The van der Waals surface area contributed by atoms with Crippen molar-refractivity contribution in [1.82, 2.24) is 0 Å². The van der Waals surface area contributed by atoms with Gasteiger partial charge in [-0.05, 0) is 44.4 Å². The van der Waals surface area contributed by atoms with Gasteiger partial charge in [-0.2, -0.15) is 0 Å². The summed E-state index contributed by atoms with van der Waals surface area (Å²) in [5.41, 5.74) is 2.42. The topological polar surface area (TPSA) is 76.1 Å². The number of aliphatic hydroxyl groups excluding tert-OH is 1. The molecular formula is C26H31NO5. The lowest BCUT2D eigenvalue weighted by molar-refractivity contribution is -0.118. The quantitative estimate of drug-likeness (QED) is 0.575. The van der Waals surface area contributed by atoms with Crippen LogP contribution in [0.15, 0.2) is 53.8 Å². The third-order valence-corrected chi connectivity index (χ3v) is 5.27. The number of amides is 1. The predicted octanol–water partition coefficient (Wildman–Crippen LogP) is 5.31. The third kappa shape index (κ3) is 4.64. The van der Waals surface area contributed by atoms with Crippen LogP contribution in [0, 0.1) is 12.8 Å². The van der Waals surface area contributed by atoms with E-state index in [1.54, 1.807) is 18.2 Å². The Labute approximate surface area is 189 Å². The molecule has 0 spiro atoms. The van der Waals surface area contributed by atoms with Crippen molar-refractivity contribution in [3.8, 4) is 11.5 Å². The number of benzene rings is 2. The molecule has 0 saturated carbocycles. The second-order valence-electron chi connectivity index (χ2n) is 8.27. The summed E-state index contributed by atoms with van der Waals surface area (Å²) < 4.78 is 11.4. The Bertz CT molecular complexity index is 1040. The zero-order valence-corrected chi connectivity index (χ0v) is 19.3. The van der Waals surface area contributed by atoms with Gasteiger partial charge in [0.15, 0.2) is 23.0 Å². The fourth-order valence-electron chi connectivity index (χ4n) is 3.98. The molecule has 1 unspecified atom stereocenters. The molecule has 1 aliphatic rings. The molecule has 6 nitrogen and oxygen atoms in total. The molecule has 32 heavy (non-hydrogen) atoms. The minimum atomic E-state index is -0.721. The maximum Gasteiger partial charge on any atom is 0.294 e. The van der Waals surface area contributed by atoms with E-state index in [1.807, 2.05) is 58.9 Å². The lowest BCUT2D eigenvalue weighted by Gasteiger charge is -2.28. The number of aliphatic hydroxyl groups is 1. The summed E-state index contributed by atoms with van der Waals surface area (Å²) >= 11 is 0. The Kier molecular flexibility index (Phi) is 7.23. The number of ketones is 1. The largest absolute Gasteiger partial charge is 0.503 e. The van der Waals surface area contributed by atoms with Crippen LogP contribution in [-0.2, 0) is 9.59 Å². The summed E-state index contributed by atoms with van der Waals surface area (Å²) in [5, 5.41) is 10.8. The Balaban J connectivity index is 2.15. The van der Waals surface area contributed by atoms with E-state index in [0.29, 0.717) is 30.4 Å². The van der Waals surface area contributed by atoms with E-state index in [4.69, 9.17) is 9.47 Å². The highest BCUT2D eigenvalue weighted by molar-refractivity contribution is 6.16. The van der Waals surface area contributed by atoms with E-state index in [-0.39, 0.29) is 23.7 Å². The molecule has 6 heteroatoms. The first-order valence-corrected chi connectivity index (χ1v) is 11.0. The van der Waals surface area contributed by atoms with Gasteiger partial charge >= 0.3 is 0 Å². The maximum absolute atomic E-state index is 13.2. The maximum atomic E-state index is 13.2. The summed E-state index contributed by atoms with van der Waals surface area (Å²) in [7, 11) is 0. The molecule has 0 radical (unpaired) electrons. The van der Waals surface area contributed by atoms with Crippen molar-refractivity contribution in [3.63, 3.8) is 0 Å². The average Bonchev–Trinajstić information content (AvgIpc) is 3.00. The summed E-state index contributed by atoms with van der Waals surface area (Å²) in [4.78, 5) is 27.8. The van der Waals surface area contributed by atoms with Crippen LogP contribution < -0.4 is 14.4 Å². The van der Waals surface area contributed by atoms with Crippen LogP contribution in [0.4, 0.5) is 5.69 Å². The highest BCUT2D eigenvalue weighted by atomic mass is 16.5. The average molecular weight is 438 g/mol. The minimum absolute atomic E-state index is 0.0974. The monoisotopic (exact) mass is 437 g/mol. The van der Waals surface area contributed by atoms with E-state index in [9.17, 15) is 14.7 Å². The number of ether oxygens (including phenoxy) is 2. The predicted molar refractivity (Wildman–Crippen MR) is 124 cm³/mol. The van der Waals surface area contributed by atoms with E-state index in [0.717, 1.165) is 11.1 Å². The Morgan fingerprint density at radius 2 is 1.75 bits per heavy atom. The van der Waals surface area contributed by atoms with Crippen LogP contribution in [0.25, 0.3) is 0 Å². The lowest BCUT2D eigenvalue weighted by atomic mass is 9.91. The van der Waals surface area contributed by atoms with E-state index < -0.39 is 17.7 Å². The SMILES string of the molecule is CCOc1ccc(N2C(=O)C(O)=C(C(=O)CC(C)C)C2c2cccc(C)c2)cc1OCC. The van der Waals surface area contributed by atoms with Crippen LogP contribution >= 0.6 is 0 Å². The Hall–Kier alpha value is -3.28. The second kappa shape index (κ2) is 9.90. The van der Waals surface area contributed by atoms with Gasteiger partial charge in [0.2, 0.25) is 0 Å². The van der Waals surface area contributed by atoms with Crippen LogP contribution in [0.3, 0.4) is 0 Å². The molecule has 0 fully saturated rings. The van der Waals surface area contributed by atoms with Crippen LogP contribution in [0.2, 0.25) is 0 Å². The zero-order valence-electron chi connectivity index (χ0n) is 19.3. The van der Waals surface area contributed by atoms with Gasteiger partial charge in [0.1, 0.15) is 0 Å². The van der Waals surface area contributed by atoms with Gasteiger partial charge in [0.05, 0.1) is 24.8 Å². The highest BCUT2D eigenvalue weighted by Crippen LogP contribution is 2.44. The smallest absolute Gasteiger partial charge is 0.294 e. The van der Waals surface area contributed by atoms with E-state index in [2.05, 4.69) is 0 Å². The van der Waals surface area contributed by atoms with Crippen molar-refractivity contribution in [2.24, 2.45) is 5.92 Å². The van der Waals surface area contributed by atoms with Crippen molar-refractivity contribution in [2.75, 3.05) is 18.1 Å². The van der Waals surface area contributed by atoms with Crippen LogP contribution in [0.1, 0.15) is 51.3 Å². The van der Waals surface area contributed by atoms with Crippen molar-refractivity contribution in [2.45, 2.75) is 47.1 Å². The molecule has 1 aliphatic heterocycles. The Morgan fingerprint density at radius 1 is 1.06 bits per heavy atom. The first-order chi connectivity index (χ1) is 15.3. The fraction of sp³-hybridized carbons (Fsp3) is 0.385. The van der Waals surface area contributed by atoms with Crippen molar-refractivity contribution < 1.29 is 24.2 Å². The van der Waals surface area contributed by atoms with Crippen molar-refractivity contribution in [3.05, 3.63) is 64.9 Å². The Morgan fingerprint density at radius 3 is 2.38 bits per heavy atom. The van der Waals surface area contributed by atoms with Crippen molar-refractivity contribution in [1.29, 1.82) is 0 Å². The number of hydrogen-bond acceptors (Lipinski definition) is 5. The molecular weight excluding hydrogens is 406 g/mol. The van der Waals surface area contributed by atoms with Gasteiger partial charge in [-0.1, -0.05) is 43.7 Å². The number of rotatable bonds is 9. The van der Waals surface area contributed by atoms with Gasteiger partial charge in [0.25, 0.3) is 5.91 Å². The fourth-order valence-corrected chi connectivity index (χ4v) is 3.98. The number of Topliss-reactive ketones (excluding diaryl/α,β-unsaturated/α-hetero) is 1. The number of anilines is 1. The third-order valence-electron chi connectivity index (χ3n) is 5.27. The van der Waals surface area contributed by atoms with Gasteiger partial charge in [-0.15, -0.1) is 0 Å². The standard InChI is InChI=1S/C26H31NO5/c1-6-31-21-12-11-19(15-22(21)32-7-2)27-24(18-10-8-9-17(5)14-18)23(25(29)26(27)30)20(28)13-16(3)4/h8-12,14-16,24,29H,6-7,13H2,1-5H3. The summed E-state index contributed by atoms with van der Waals surface area (Å²) in [6.45, 7) is 10.5. The molecule has 0 aliphatic carbocycles. The normalized spacial score (nSPS) is 16.1. The molecule has 170 valence electrons. The number of hydrogen-bond donors (Lipinski definition) is 1. The number of carbonyl (C=O) groups excluding carboxylic acids is 2. The molecule has 0 aromatic heterocycles. The summed E-state index contributed by atoms with van der Waals surface area (Å²) in [5.74, 6) is -0.144. The van der Waals surface area contributed by atoms with Gasteiger partial charge < -0.3 is 14.6 Å².